The molecule has 0 aliphatic carbocycles. The number of carbonyl (C=O) groups is 1. The summed E-state index contributed by atoms with van der Waals surface area (Å²) in [6.07, 6.45) is 0.760. The molecule has 0 saturated carbocycles. The number of carbonyl (C=O) groups excluding carboxylic acids is 1. The summed E-state index contributed by atoms with van der Waals surface area (Å²) in [6, 6.07) is 7.04. The zero-order valence-electron chi connectivity index (χ0n) is 7.61. The number of benzene rings is 1. The second-order valence-electron chi connectivity index (χ2n) is 2.90. The molecule has 0 N–H and O–H groups in total. The fourth-order valence-electron chi connectivity index (χ4n) is 1.13. The van der Waals surface area contributed by atoms with Crippen molar-refractivity contribution >= 4 is 12.0 Å². The van der Waals surface area contributed by atoms with E-state index in [4.69, 9.17) is 5.26 Å². The molecule has 0 aromatic heterocycles. The number of anilines is 1. The monoisotopic (exact) mass is 174 g/mol. The largest absolute Gasteiger partial charge is 0.377 e. The predicted molar refractivity (Wildman–Crippen MR) is 50.9 cm³/mol. The van der Waals surface area contributed by atoms with Crippen LogP contribution in [-0.4, -0.2) is 20.4 Å². The number of aldehydes is 1. The standard InChI is InChI=1S/C10H10N2O/c1-12(2)10-4-3-8(6-11)5-9(10)7-13/h3-5,7H,1-2H3. The minimum absolute atomic E-state index is 0.507. The molecule has 3 heteroatoms. The van der Waals surface area contributed by atoms with Crippen molar-refractivity contribution < 1.29 is 4.79 Å². The molecule has 0 aliphatic heterocycles. The molecule has 0 aliphatic rings. The Balaban J connectivity index is 3.25. The first-order valence-electron chi connectivity index (χ1n) is 3.85. The van der Waals surface area contributed by atoms with Crippen LogP contribution >= 0.6 is 0 Å². The quantitative estimate of drug-likeness (QED) is 0.637. The van der Waals surface area contributed by atoms with Crippen LogP contribution in [0, 0.1) is 11.3 Å². The number of nitriles is 1. The van der Waals surface area contributed by atoms with Gasteiger partial charge in [-0.05, 0) is 18.2 Å². The van der Waals surface area contributed by atoms with E-state index in [1.807, 2.05) is 25.1 Å². The summed E-state index contributed by atoms with van der Waals surface area (Å²) >= 11 is 0. The van der Waals surface area contributed by atoms with Gasteiger partial charge >= 0.3 is 0 Å². The molecule has 3 nitrogen and oxygen atoms in total. The number of hydrogen-bond donors (Lipinski definition) is 0. The van der Waals surface area contributed by atoms with E-state index >= 15 is 0 Å². The van der Waals surface area contributed by atoms with Crippen LogP contribution in [0.4, 0.5) is 5.69 Å². The van der Waals surface area contributed by atoms with Gasteiger partial charge in [0.25, 0.3) is 0 Å². The summed E-state index contributed by atoms with van der Waals surface area (Å²) in [4.78, 5) is 12.5. The van der Waals surface area contributed by atoms with Crippen molar-refractivity contribution in [3.05, 3.63) is 29.3 Å². The first-order chi connectivity index (χ1) is 6.19. The minimum Gasteiger partial charge on any atom is -0.377 e. The Labute approximate surface area is 77.2 Å². The lowest BCUT2D eigenvalue weighted by Gasteiger charge is -2.14. The van der Waals surface area contributed by atoms with Gasteiger partial charge in [-0.3, -0.25) is 4.79 Å². The van der Waals surface area contributed by atoms with Crippen molar-refractivity contribution in [1.82, 2.24) is 0 Å². The third-order valence-electron chi connectivity index (χ3n) is 1.77. The summed E-state index contributed by atoms with van der Waals surface area (Å²) in [5.74, 6) is 0. The third kappa shape index (κ3) is 1.85. The van der Waals surface area contributed by atoms with E-state index in [1.54, 1.807) is 18.2 Å². The fraction of sp³-hybridized carbons (Fsp3) is 0.200. The number of nitrogens with zero attached hydrogens (tertiary/aromatic N) is 2. The lowest BCUT2D eigenvalue weighted by atomic mass is 10.1. The Bertz CT molecular complexity index is 364. The Morgan fingerprint density at radius 1 is 1.46 bits per heavy atom. The lowest BCUT2D eigenvalue weighted by molar-refractivity contribution is 0.112. The topological polar surface area (TPSA) is 44.1 Å². The lowest BCUT2D eigenvalue weighted by Crippen LogP contribution is -2.11. The van der Waals surface area contributed by atoms with Gasteiger partial charge < -0.3 is 4.90 Å². The van der Waals surface area contributed by atoms with Crippen LogP contribution in [0.1, 0.15) is 15.9 Å². The van der Waals surface area contributed by atoms with Gasteiger partial charge in [0.15, 0.2) is 6.29 Å². The summed E-state index contributed by atoms with van der Waals surface area (Å²) in [7, 11) is 3.71. The van der Waals surface area contributed by atoms with Crippen LogP contribution in [0.2, 0.25) is 0 Å². The molecule has 0 fully saturated rings. The van der Waals surface area contributed by atoms with Crippen molar-refractivity contribution in [2.24, 2.45) is 0 Å². The molecule has 1 rings (SSSR count). The van der Waals surface area contributed by atoms with Crippen LogP contribution in [0.5, 0.6) is 0 Å². The molecule has 0 unspecified atom stereocenters. The zero-order valence-corrected chi connectivity index (χ0v) is 7.61. The highest BCUT2D eigenvalue weighted by atomic mass is 16.1. The minimum atomic E-state index is 0.507. The molecular formula is C10H10N2O. The van der Waals surface area contributed by atoms with E-state index in [2.05, 4.69) is 0 Å². The van der Waals surface area contributed by atoms with E-state index in [9.17, 15) is 4.79 Å². The van der Waals surface area contributed by atoms with E-state index in [0.717, 1.165) is 12.0 Å². The molecule has 0 saturated heterocycles. The summed E-state index contributed by atoms with van der Waals surface area (Å²) in [6.45, 7) is 0. The molecule has 0 amide bonds. The maximum absolute atomic E-state index is 10.7. The van der Waals surface area contributed by atoms with Gasteiger partial charge in [0.05, 0.1) is 11.6 Å². The van der Waals surface area contributed by atoms with Gasteiger partial charge in [0.2, 0.25) is 0 Å². The predicted octanol–water partition coefficient (Wildman–Crippen LogP) is 1.44. The van der Waals surface area contributed by atoms with Crippen LogP contribution in [0.3, 0.4) is 0 Å². The van der Waals surface area contributed by atoms with Crippen molar-refractivity contribution in [2.75, 3.05) is 19.0 Å². The normalized spacial score (nSPS) is 9.00. The highest BCUT2D eigenvalue weighted by Crippen LogP contribution is 2.17. The Morgan fingerprint density at radius 2 is 2.15 bits per heavy atom. The highest BCUT2D eigenvalue weighted by Gasteiger charge is 2.03. The molecule has 0 heterocycles. The van der Waals surface area contributed by atoms with Crippen LogP contribution < -0.4 is 4.90 Å². The van der Waals surface area contributed by atoms with Crippen molar-refractivity contribution in [2.45, 2.75) is 0 Å². The molecular weight excluding hydrogens is 164 g/mol. The number of rotatable bonds is 2. The first kappa shape index (κ1) is 9.27. The van der Waals surface area contributed by atoms with E-state index in [1.165, 1.54) is 0 Å². The van der Waals surface area contributed by atoms with E-state index in [0.29, 0.717) is 11.1 Å². The first-order valence-corrected chi connectivity index (χ1v) is 3.85. The maximum atomic E-state index is 10.7. The average molecular weight is 174 g/mol. The Morgan fingerprint density at radius 3 is 2.62 bits per heavy atom. The van der Waals surface area contributed by atoms with Gasteiger partial charge in [-0.15, -0.1) is 0 Å². The Hall–Kier alpha value is -1.82. The third-order valence-corrected chi connectivity index (χ3v) is 1.77. The van der Waals surface area contributed by atoms with Gasteiger partial charge in [0, 0.05) is 25.3 Å². The second-order valence-corrected chi connectivity index (χ2v) is 2.90. The van der Waals surface area contributed by atoms with Gasteiger partial charge in [0.1, 0.15) is 0 Å². The van der Waals surface area contributed by atoms with E-state index < -0.39 is 0 Å². The molecule has 0 bridgehead atoms. The molecule has 66 valence electrons. The molecule has 1 aromatic rings. The molecule has 0 spiro atoms. The SMILES string of the molecule is CN(C)c1ccc(C#N)cc1C=O. The summed E-state index contributed by atoms with van der Waals surface area (Å²) in [5.41, 5.74) is 1.88. The van der Waals surface area contributed by atoms with Crippen LogP contribution in [0.25, 0.3) is 0 Å². The fourth-order valence-corrected chi connectivity index (χ4v) is 1.13. The highest BCUT2D eigenvalue weighted by molar-refractivity contribution is 5.85. The molecule has 13 heavy (non-hydrogen) atoms. The van der Waals surface area contributed by atoms with Crippen molar-refractivity contribution in [3.63, 3.8) is 0 Å². The molecule has 0 atom stereocenters. The summed E-state index contributed by atoms with van der Waals surface area (Å²) < 4.78 is 0. The maximum Gasteiger partial charge on any atom is 0.152 e. The van der Waals surface area contributed by atoms with Crippen molar-refractivity contribution in [3.8, 4) is 6.07 Å². The van der Waals surface area contributed by atoms with Gasteiger partial charge in [-0.1, -0.05) is 0 Å². The smallest absolute Gasteiger partial charge is 0.152 e. The summed E-state index contributed by atoms with van der Waals surface area (Å²) in [5, 5.41) is 8.61. The van der Waals surface area contributed by atoms with Crippen LogP contribution in [0.15, 0.2) is 18.2 Å². The van der Waals surface area contributed by atoms with Crippen molar-refractivity contribution in [1.29, 1.82) is 5.26 Å². The van der Waals surface area contributed by atoms with Crippen LogP contribution in [-0.2, 0) is 0 Å². The zero-order chi connectivity index (χ0) is 9.84. The molecule has 0 radical (unpaired) electrons. The van der Waals surface area contributed by atoms with Gasteiger partial charge in [-0.2, -0.15) is 5.26 Å². The second kappa shape index (κ2) is 3.72. The average Bonchev–Trinajstić information content (AvgIpc) is 2.16. The Kier molecular flexibility index (Phi) is 2.65. The molecule has 1 aromatic carbocycles. The van der Waals surface area contributed by atoms with E-state index in [-0.39, 0.29) is 0 Å². The number of hydrogen-bond acceptors (Lipinski definition) is 3. The van der Waals surface area contributed by atoms with Gasteiger partial charge in [-0.25, -0.2) is 0 Å².